The number of hydrogen-bond acceptors (Lipinski definition) is 5. The SMILES string of the molecule is O=S(=O)(Nc1ccc2c(OCc3csc(-c4ccc(C(F)(F)F)cc4)n3)cccc2c1)C(F)(F)F. The van der Waals surface area contributed by atoms with Crippen LogP contribution in [0, 0.1) is 0 Å². The zero-order valence-corrected chi connectivity index (χ0v) is 18.9. The monoisotopic (exact) mass is 532 g/mol. The van der Waals surface area contributed by atoms with Crippen LogP contribution in [0.5, 0.6) is 5.75 Å². The standard InChI is InChI=1S/C22H14F6N2O3S2/c23-21(24,25)15-6-4-13(5-7-15)20-29-17(12-34-20)11-33-19-3-1-2-14-10-16(8-9-18(14)19)30-35(31,32)22(26,27)28/h1-10,12,30H,11H2. The van der Waals surface area contributed by atoms with Gasteiger partial charge < -0.3 is 4.74 Å². The summed E-state index contributed by atoms with van der Waals surface area (Å²) in [5.74, 6) is 0.386. The molecule has 35 heavy (non-hydrogen) atoms. The summed E-state index contributed by atoms with van der Waals surface area (Å²) in [5.41, 5.74) is -5.41. The molecule has 0 radical (unpaired) electrons. The number of sulfonamides is 1. The Labute approximate surface area is 199 Å². The van der Waals surface area contributed by atoms with E-state index in [1.807, 2.05) is 0 Å². The second kappa shape index (κ2) is 9.04. The van der Waals surface area contributed by atoms with Gasteiger partial charge in [0.25, 0.3) is 0 Å². The molecule has 0 unspecified atom stereocenters. The fourth-order valence-electron chi connectivity index (χ4n) is 3.12. The third-order valence-corrected chi connectivity index (χ3v) is 6.84. The van der Waals surface area contributed by atoms with Crippen molar-refractivity contribution >= 4 is 37.8 Å². The van der Waals surface area contributed by atoms with Gasteiger partial charge in [-0.1, -0.05) is 24.3 Å². The fraction of sp³-hybridized carbons (Fsp3) is 0.136. The van der Waals surface area contributed by atoms with E-state index < -0.39 is 27.3 Å². The van der Waals surface area contributed by atoms with Gasteiger partial charge in [-0.15, -0.1) is 11.3 Å². The molecule has 0 bridgehead atoms. The van der Waals surface area contributed by atoms with E-state index in [0.717, 1.165) is 12.1 Å². The van der Waals surface area contributed by atoms with Crippen LogP contribution in [-0.2, 0) is 22.8 Å². The Morgan fingerprint density at radius 1 is 0.943 bits per heavy atom. The molecule has 0 aliphatic carbocycles. The van der Waals surface area contributed by atoms with Crippen molar-refractivity contribution in [2.45, 2.75) is 18.3 Å². The summed E-state index contributed by atoms with van der Waals surface area (Å²) in [5, 5.41) is 3.17. The smallest absolute Gasteiger partial charge is 0.487 e. The Morgan fingerprint density at radius 3 is 2.31 bits per heavy atom. The Bertz CT molecular complexity index is 1460. The van der Waals surface area contributed by atoms with Crippen molar-refractivity contribution < 1.29 is 39.5 Å². The maximum atomic E-state index is 12.7. The molecule has 5 nitrogen and oxygen atoms in total. The molecule has 1 aromatic heterocycles. The summed E-state index contributed by atoms with van der Waals surface area (Å²) in [7, 11) is -5.55. The van der Waals surface area contributed by atoms with Crippen LogP contribution in [-0.4, -0.2) is 18.9 Å². The molecule has 13 heteroatoms. The molecule has 1 heterocycles. The summed E-state index contributed by atoms with van der Waals surface area (Å²) in [6.45, 7) is 0.0265. The van der Waals surface area contributed by atoms with Crippen LogP contribution >= 0.6 is 11.3 Å². The van der Waals surface area contributed by atoms with Gasteiger partial charge in [0.05, 0.1) is 11.3 Å². The van der Waals surface area contributed by atoms with Gasteiger partial charge in [0.1, 0.15) is 17.4 Å². The first-order valence-electron chi connectivity index (χ1n) is 9.70. The first-order valence-corrected chi connectivity index (χ1v) is 12.1. The number of fused-ring (bicyclic) bond motifs is 1. The molecule has 0 aliphatic rings. The van der Waals surface area contributed by atoms with Gasteiger partial charge in [-0.3, -0.25) is 4.72 Å². The molecule has 184 valence electrons. The van der Waals surface area contributed by atoms with E-state index in [4.69, 9.17) is 4.74 Å². The fourth-order valence-corrected chi connectivity index (χ4v) is 4.48. The largest absolute Gasteiger partial charge is 0.516 e. The summed E-state index contributed by atoms with van der Waals surface area (Å²) in [6, 6.07) is 13.3. The van der Waals surface area contributed by atoms with E-state index in [9.17, 15) is 34.8 Å². The summed E-state index contributed by atoms with van der Waals surface area (Å²) >= 11 is 1.23. The lowest BCUT2D eigenvalue weighted by Gasteiger charge is -2.12. The van der Waals surface area contributed by atoms with E-state index in [1.165, 1.54) is 46.4 Å². The number of rotatable bonds is 6. The van der Waals surface area contributed by atoms with Crippen LogP contribution in [0.1, 0.15) is 11.3 Å². The molecule has 3 aromatic carbocycles. The van der Waals surface area contributed by atoms with Gasteiger partial charge in [-0.05, 0) is 41.8 Å². The lowest BCUT2D eigenvalue weighted by molar-refractivity contribution is -0.137. The third kappa shape index (κ3) is 5.51. The molecule has 1 N–H and O–H groups in total. The average Bonchev–Trinajstić information content (AvgIpc) is 3.25. The van der Waals surface area contributed by atoms with Crippen molar-refractivity contribution in [3.63, 3.8) is 0 Å². The van der Waals surface area contributed by atoms with Gasteiger partial charge in [0.2, 0.25) is 0 Å². The van der Waals surface area contributed by atoms with E-state index in [1.54, 1.807) is 23.6 Å². The zero-order valence-electron chi connectivity index (χ0n) is 17.3. The molecule has 0 spiro atoms. The number of aromatic nitrogens is 1. The molecular formula is C22H14F6N2O3S2. The Kier molecular flexibility index (Phi) is 6.40. The van der Waals surface area contributed by atoms with Gasteiger partial charge in [-0.25, -0.2) is 4.98 Å². The number of halogens is 6. The maximum absolute atomic E-state index is 12.7. The summed E-state index contributed by atoms with van der Waals surface area (Å²) < 4.78 is 106. The van der Waals surface area contributed by atoms with Gasteiger partial charge in [0, 0.05) is 22.0 Å². The van der Waals surface area contributed by atoms with E-state index in [2.05, 4.69) is 4.98 Å². The number of benzene rings is 3. The number of thiazole rings is 1. The predicted octanol–water partition coefficient (Wildman–Crippen LogP) is 6.82. The minimum Gasteiger partial charge on any atom is -0.487 e. The molecule has 0 aliphatic heterocycles. The van der Waals surface area contributed by atoms with Gasteiger partial charge >= 0.3 is 21.7 Å². The van der Waals surface area contributed by atoms with Crippen LogP contribution in [0.3, 0.4) is 0 Å². The van der Waals surface area contributed by atoms with Crippen LogP contribution in [0.2, 0.25) is 0 Å². The van der Waals surface area contributed by atoms with Crippen molar-refractivity contribution in [3.8, 4) is 16.3 Å². The van der Waals surface area contributed by atoms with Crippen LogP contribution in [0.25, 0.3) is 21.3 Å². The Morgan fingerprint density at radius 2 is 1.66 bits per heavy atom. The minimum atomic E-state index is -5.55. The summed E-state index contributed by atoms with van der Waals surface area (Å²) in [4.78, 5) is 4.37. The number of nitrogens with one attached hydrogen (secondary N) is 1. The highest BCUT2D eigenvalue weighted by Crippen LogP contribution is 2.33. The molecule has 4 aromatic rings. The van der Waals surface area contributed by atoms with E-state index >= 15 is 0 Å². The first kappa shape index (κ1) is 24.8. The van der Waals surface area contributed by atoms with Crippen LogP contribution < -0.4 is 9.46 Å². The minimum absolute atomic E-state index is 0.0265. The lowest BCUT2D eigenvalue weighted by atomic mass is 10.1. The molecule has 4 rings (SSSR count). The Balaban J connectivity index is 1.49. The normalized spacial score (nSPS) is 12.6. The van der Waals surface area contributed by atoms with Crippen molar-refractivity contribution in [3.05, 3.63) is 77.3 Å². The maximum Gasteiger partial charge on any atom is 0.516 e. The molecule has 0 fully saturated rings. The number of nitrogens with zero attached hydrogens (tertiary/aromatic N) is 1. The number of ether oxygens (including phenoxy) is 1. The van der Waals surface area contributed by atoms with E-state index in [0.29, 0.717) is 32.8 Å². The van der Waals surface area contributed by atoms with Crippen molar-refractivity contribution in [1.82, 2.24) is 4.98 Å². The highest BCUT2D eigenvalue weighted by molar-refractivity contribution is 7.93. The molecule has 0 saturated heterocycles. The third-order valence-electron chi connectivity index (χ3n) is 4.78. The number of anilines is 1. The van der Waals surface area contributed by atoms with Crippen molar-refractivity contribution in [2.75, 3.05) is 4.72 Å². The molecule has 0 saturated carbocycles. The lowest BCUT2D eigenvalue weighted by Crippen LogP contribution is -2.29. The van der Waals surface area contributed by atoms with E-state index in [-0.39, 0.29) is 12.3 Å². The second-order valence-corrected chi connectivity index (χ2v) is 9.78. The molecule has 0 atom stereocenters. The van der Waals surface area contributed by atoms with Gasteiger partial charge in [-0.2, -0.15) is 34.8 Å². The first-order chi connectivity index (χ1) is 16.3. The topological polar surface area (TPSA) is 68.3 Å². The number of hydrogen-bond donors (Lipinski definition) is 1. The van der Waals surface area contributed by atoms with Crippen LogP contribution in [0.15, 0.2) is 66.0 Å². The average molecular weight is 532 g/mol. The highest BCUT2D eigenvalue weighted by atomic mass is 32.2. The van der Waals surface area contributed by atoms with Crippen molar-refractivity contribution in [1.29, 1.82) is 0 Å². The second-order valence-electron chi connectivity index (χ2n) is 7.25. The Hall–Kier alpha value is -3.32. The van der Waals surface area contributed by atoms with Crippen molar-refractivity contribution in [2.24, 2.45) is 0 Å². The zero-order chi connectivity index (χ0) is 25.4. The predicted molar refractivity (Wildman–Crippen MR) is 119 cm³/mol. The van der Waals surface area contributed by atoms with Gasteiger partial charge in [0.15, 0.2) is 0 Å². The molecular weight excluding hydrogens is 518 g/mol. The summed E-state index contributed by atoms with van der Waals surface area (Å²) in [6.07, 6.45) is -4.43. The number of alkyl halides is 6. The molecule has 0 amide bonds. The van der Waals surface area contributed by atoms with Crippen LogP contribution in [0.4, 0.5) is 32.0 Å². The highest BCUT2D eigenvalue weighted by Gasteiger charge is 2.46. The quantitative estimate of drug-likeness (QED) is 0.277.